The number of nitrogens with zero attached hydrogens (tertiary/aromatic N) is 2. The normalized spacial score (nSPS) is 11.0. The highest BCUT2D eigenvalue weighted by molar-refractivity contribution is 5.33. The van der Waals surface area contributed by atoms with Gasteiger partial charge in [0.15, 0.2) is 6.61 Å². The lowest BCUT2D eigenvalue weighted by Gasteiger charge is -2.08. The van der Waals surface area contributed by atoms with Crippen molar-refractivity contribution in [1.29, 1.82) is 0 Å². The van der Waals surface area contributed by atoms with Crippen molar-refractivity contribution in [2.45, 2.75) is 32.9 Å². The van der Waals surface area contributed by atoms with Gasteiger partial charge in [-0.05, 0) is 18.2 Å². The van der Waals surface area contributed by atoms with E-state index in [0.717, 1.165) is 0 Å². The van der Waals surface area contributed by atoms with Crippen LogP contribution in [0.5, 0.6) is 5.75 Å². The zero-order valence-corrected chi connectivity index (χ0v) is 10.9. The monoisotopic (exact) mass is 265 g/mol. The average molecular weight is 265 g/mol. The molecule has 0 saturated heterocycles. The zero-order chi connectivity index (χ0) is 13.8. The lowest BCUT2D eigenvalue weighted by atomic mass is 10.2. The summed E-state index contributed by atoms with van der Waals surface area (Å²) in [4.78, 5) is 4.19. The molecule has 102 valence electrons. The van der Waals surface area contributed by atoms with Crippen LogP contribution in [-0.4, -0.2) is 10.1 Å². The lowest BCUT2D eigenvalue weighted by Crippen LogP contribution is -2.04. The minimum absolute atomic E-state index is 0.162. The zero-order valence-electron chi connectivity index (χ0n) is 10.9. The van der Waals surface area contributed by atoms with E-state index >= 15 is 0 Å². The van der Waals surface area contributed by atoms with Crippen LogP contribution >= 0.6 is 0 Å². The van der Waals surface area contributed by atoms with E-state index in [1.807, 2.05) is 13.8 Å². The van der Waals surface area contributed by atoms with E-state index in [1.54, 1.807) is 6.07 Å². The molecule has 0 spiro atoms. The highest BCUT2D eigenvalue weighted by atomic mass is 19.1. The van der Waals surface area contributed by atoms with Gasteiger partial charge >= 0.3 is 0 Å². The molecule has 1 aromatic carbocycles. The fourth-order valence-corrected chi connectivity index (χ4v) is 1.55. The van der Waals surface area contributed by atoms with Crippen molar-refractivity contribution in [2.24, 2.45) is 5.73 Å². The molecule has 2 aromatic rings. The number of halogens is 1. The van der Waals surface area contributed by atoms with E-state index in [-0.39, 0.29) is 24.9 Å². The van der Waals surface area contributed by atoms with E-state index in [0.29, 0.717) is 23.0 Å². The number of hydrogen-bond donors (Lipinski definition) is 1. The summed E-state index contributed by atoms with van der Waals surface area (Å²) in [5.74, 6) is 1.38. The van der Waals surface area contributed by atoms with Crippen molar-refractivity contribution in [3.05, 3.63) is 41.3 Å². The first-order chi connectivity index (χ1) is 9.10. The van der Waals surface area contributed by atoms with Gasteiger partial charge in [0.05, 0.1) is 0 Å². The quantitative estimate of drug-likeness (QED) is 0.898. The minimum atomic E-state index is -0.338. The van der Waals surface area contributed by atoms with E-state index in [9.17, 15) is 4.39 Å². The standard InChI is InChI=1S/C13H16FN3O2/c1-8(2)13-16-12(17-19-13)7-18-11-4-3-10(14)5-9(11)6-15/h3-5,8H,6-7,15H2,1-2H3. The Kier molecular flexibility index (Phi) is 4.11. The highest BCUT2D eigenvalue weighted by Gasteiger charge is 2.11. The molecule has 0 aliphatic rings. The second-order valence-corrected chi connectivity index (χ2v) is 4.45. The van der Waals surface area contributed by atoms with Crippen molar-refractivity contribution < 1.29 is 13.7 Å². The summed E-state index contributed by atoms with van der Waals surface area (Å²) in [6.07, 6.45) is 0. The number of ether oxygens (including phenoxy) is 1. The molecule has 19 heavy (non-hydrogen) atoms. The van der Waals surface area contributed by atoms with Crippen LogP contribution in [0.4, 0.5) is 4.39 Å². The molecule has 0 radical (unpaired) electrons. The van der Waals surface area contributed by atoms with Crippen molar-refractivity contribution >= 4 is 0 Å². The molecular formula is C13H16FN3O2. The van der Waals surface area contributed by atoms with Gasteiger partial charge in [0.25, 0.3) is 0 Å². The van der Waals surface area contributed by atoms with E-state index in [1.165, 1.54) is 12.1 Å². The van der Waals surface area contributed by atoms with Crippen LogP contribution in [0.25, 0.3) is 0 Å². The summed E-state index contributed by atoms with van der Waals surface area (Å²) in [5, 5.41) is 3.81. The molecule has 1 aromatic heterocycles. The Labute approximate surface area is 110 Å². The Morgan fingerprint density at radius 2 is 2.21 bits per heavy atom. The maximum atomic E-state index is 13.0. The third-order valence-electron chi connectivity index (χ3n) is 2.58. The smallest absolute Gasteiger partial charge is 0.229 e. The van der Waals surface area contributed by atoms with E-state index < -0.39 is 0 Å². The van der Waals surface area contributed by atoms with Gasteiger partial charge in [-0.25, -0.2) is 4.39 Å². The van der Waals surface area contributed by atoms with Crippen LogP contribution in [-0.2, 0) is 13.2 Å². The van der Waals surface area contributed by atoms with Crippen molar-refractivity contribution in [3.63, 3.8) is 0 Å². The first-order valence-electron chi connectivity index (χ1n) is 6.04. The predicted octanol–water partition coefficient (Wildman–Crippen LogP) is 2.37. The molecule has 0 aliphatic heterocycles. The van der Waals surface area contributed by atoms with Crippen LogP contribution < -0.4 is 10.5 Å². The second kappa shape index (κ2) is 5.79. The van der Waals surface area contributed by atoms with Gasteiger partial charge in [0, 0.05) is 18.0 Å². The summed E-state index contributed by atoms with van der Waals surface area (Å²) >= 11 is 0. The topological polar surface area (TPSA) is 74.2 Å². The number of nitrogens with two attached hydrogens (primary N) is 1. The Morgan fingerprint density at radius 1 is 1.42 bits per heavy atom. The molecule has 2 rings (SSSR count). The van der Waals surface area contributed by atoms with Crippen molar-refractivity contribution in [1.82, 2.24) is 10.1 Å². The first kappa shape index (κ1) is 13.5. The Morgan fingerprint density at radius 3 is 2.84 bits per heavy atom. The molecule has 0 bridgehead atoms. The van der Waals surface area contributed by atoms with Gasteiger partial charge in [0.2, 0.25) is 11.7 Å². The average Bonchev–Trinajstić information content (AvgIpc) is 2.86. The predicted molar refractivity (Wildman–Crippen MR) is 67.0 cm³/mol. The highest BCUT2D eigenvalue weighted by Crippen LogP contribution is 2.20. The SMILES string of the molecule is CC(C)c1nc(COc2ccc(F)cc2CN)no1. The molecule has 0 atom stereocenters. The molecule has 5 nitrogen and oxygen atoms in total. The largest absolute Gasteiger partial charge is 0.485 e. The molecule has 2 N–H and O–H groups in total. The van der Waals surface area contributed by atoms with Gasteiger partial charge in [-0.15, -0.1) is 0 Å². The molecule has 6 heteroatoms. The summed E-state index contributed by atoms with van der Waals surface area (Å²) in [6.45, 7) is 4.29. The lowest BCUT2D eigenvalue weighted by molar-refractivity contribution is 0.281. The Bertz CT molecular complexity index is 555. The third-order valence-corrected chi connectivity index (χ3v) is 2.58. The molecule has 0 unspecified atom stereocenters. The Balaban J connectivity index is 2.05. The second-order valence-electron chi connectivity index (χ2n) is 4.45. The van der Waals surface area contributed by atoms with Gasteiger partial charge in [-0.2, -0.15) is 4.98 Å². The van der Waals surface area contributed by atoms with Crippen LogP contribution in [0.3, 0.4) is 0 Å². The fraction of sp³-hybridized carbons (Fsp3) is 0.385. The Hall–Kier alpha value is -1.95. The molecule has 0 fully saturated rings. The van der Waals surface area contributed by atoms with Gasteiger partial charge < -0.3 is 15.0 Å². The summed E-state index contributed by atoms with van der Waals surface area (Å²) in [5.41, 5.74) is 6.14. The van der Waals surface area contributed by atoms with Gasteiger partial charge in [-0.1, -0.05) is 19.0 Å². The minimum Gasteiger partial charge on any atom is -0.485 e. The van der Waals surface area contributed by atoms with E-state index in [4.69, 9.17) is 15.0 Å². The van der Waals surface area contributed by atoms with E-state index in [2.05, 4.69) is 10.1 Å². The van der Waals surface area contributed by atoms with Gasteiger partial charge in [0.1, 0.15) is 11.6 Å². The third kappa shape index (κ3) is 3.29. The summed E-state index contributed by atoms with van der Waals surface area (Å²) in [6, 6.07) is 4.22. The maximum absolute atomic E-state index is 13.0. The molecule has 1 heterocycles. The molecule has 0 saturated carbocycles. The maximum Gasteiger partial charge on any atom is 0.229 e. The van der Waals surface area contributed by atoms with Crippen LogP contribution in [0, 0.1) is 5.82 Å². The first-order valence-corrected chi connectivity index (χ1v) is 6.04. The van der Waals surface area contributed by atoms with Crippen molar-refractivity contribution in [3.8, 4) is 5.75 Å². The summed E-state index contributed by atoms with van der Waals surface area (Å²) < 4.78 is 23.6. The van der Waals surface area contributed by atoms with Crippen LogP contribution in [0.2, 0.25) is 0 Å². The molecule has 0 aliphatic carbocycles. The summed E-state index contributed by atoms with van der Waals surface area (Å²) in [7, 11) is 0. The molecular weight excluding hydrogens is 249 g/mol. The number of aromatic nitrogens is 2. The molecule has 0 amide bonds. The number of rotatable bonds is 5. The fourth-order valence-electron chi connectivity index (χ4n) is 1.55. The van der Waals surface area contributed by atoms with Crippen LogP contribution in [0.15, 0.2) is 22.7 Å². The van der Waals surface area contributed by atoms with Gasteiger partial charge in [-0.3, -0.25) is 0 Å². The number of benzene rings is 1. The van der Waals surface area contributed by atoms with Crippen LogP contribution in [0.1, 0.15) is 37.0 Å². The number of hydrogen-bond acceptors (Lipinski definition) is 5. The van der Waals surface area contributed by atoms with Crippen molar-refractivity contribution in [2.75, 3.05) is 0 Å².